The molecule has 1 aliphatic rings. The first-order valence-corrected chi connectivity index (χ1v) is 12.5. The van der Waals surface area contributed by atoms with Gasteiger partial charge in [-0.05, 0) is 65.6 Å². The molecule has 2 aromatic carbocycles. The third-order valence-electron chi connectivity index (χ3n) is 6.87. The van der Waals surface area contributed by atoms with Gasteiger partial charge < -0.3 is 9.64 Å². The van der Waals surface area contributed by atoms with Crippen molar-refractivity contribution in [3.8, 4) is 22.4 Å². The van der Waals surface area contributed by atoms with Gasteiger partial charge in [0.1, 0.15) is 5.78 Å². The SMILES string of the molecule is Cc1cc(-c2ccc(CC(=O)C(C)c3ccnc(-c4ccc(N5CCOCC5)cc4)c3)cc2)ccn1. The number of ether oxygens (including phenoxy) is 1. The van der Waals surface area contributed by atoms with Crippen molar-refractivity contribution >= 4 is 11.5 Å². The number of rotatable bonds is 7. The van der Waals surface area contributed by atoms with E-state index in [0.29, 0.717) is 6.42 Å². The summed E-state index contributed by atoms with van der Waals surface area (Å²) in [5, 5.41) is 0. The predicted molar refractivity (Wildman–Crippen MR) is 144 cm³/mol. The fourth-order valence-corrected chi connectivity index (χ4v) is 4.62. The minimum absolute atomic E-state index is 0.197. The zero-order valence-electron chi connectivity index (χ0n) is 20.9. The number of benzene rings is 2. The number of carbonyl (C=O) groups is 1. The van der Waals surface area contributed by atoms with Crippen LogP contribution in [0.25, 0.3) is 22.4 Å². The lowest BCUT2D eigenvalue weighted by atomic mass is 9.92. The van der Waals surface area contributed by atoms with Crippen LogP contribution in [0.3, 0.4) is 0 Å². The Morgan fingerprint density at radius 2 is 1.56 bits per heavy atom. The quantitative estimate of drug-likeness (QED) is 0.333. The lowest BCUT2D eigenvalue weighted by molar-refractivity contribution is -0.119. The van der Waals surface area contributed by atoms with E-state index in [1.165, 1.54) is 5.69 Å². The second-order valence-electron chi connectivity index (χ2n) is 9.37. The van der Waals surface area contributed by atoms with Crippen molar-refractivity contribution in [2.24, 2.45) is 0 Å². The van der Waals surface area contributed by atoms with Crippen LogP contribution in [-0.2, 0) is 16.0 Å². The topological polar surface area (TPSA) is 55.3 Å². The summed E-state index contributed by atoms with van der Waals surface area (Å²) >= 11 is 0. The van der Waals surface area contributed by atoms with Crippen LogP contribution in [0.5, 0.6) is 0 Å². The molecule has 1 saturated heterocycles. The van der Waals surface area contributed by atoms with Crippen LogP contribution in [0.2, 0.25) is 0 Å². The molecule has 36 heavy (non-hydrogen) atoms. The average Bonchev–Trinajstić information content (AvgIpc) is 2.94. The minimum atomic E-state index is -0.207. The van der Waals surface area contributed by atoms with Crippen LogP contribution >= 0.6 is 0 Å². The molecule has 2 aromatic heterocycles. The Balaban J connectivity index is 1.26. The number of aromatic nitrogens is 2. The van der Waals surface area contributed by atoms with E-state index in [1.807, 2.05) is 50.4 Å². The number of Topliss-reactive ketones (excluding diaryl/α,β-unsaturated/α-hetero) is 1. The maximum Gasteiger partial charge on any atom is 0.144 e. The Morgan fingerprint density at radius 3 is 2.28 bits per heavy atom. The van der Waals surface area contributed by atoms with Crippen LogP contribution in [0.1, 0.15) is 29.7 Å². The van der Waals surface area contributed by atoms with E-state index in [-0.39, 0.29) is 11.7 Å². The lowest BCUT2D eigenvalue weighted by Crippen LogP contribution is -2.36. The molecule has 4 aromatic rings. The highest BCUT2D eigenvalue weighted by molar-refractivity contribution is 5.87. The summed E-state index contributed by atoms with van der Waals surface area (Å²) in [6.07, 6.45) is 4.03. The summed E-state index contributed by atoms with van der Waals surface area (Å²) in [7, 11) is 0. The summed E-state index contributed by atoms with van der Waals surface area (Å²) in [6, 6.07) is 24.8. The van der Waals surface area contributed by atoms with Crippen molar-refractivity contribution in [3.63, 3.8) is 0 Å². The Labute approximate surface area is 212 Å². The number of aryl methyl sites for hydroxylation is 1. The summed E-state index contributed by atoms with van der Waals surface area (Å²) in [6.45, 7) is 7.34. The number of anilines is 1. The highest BCUT2D eigenvalue weighted by atomic mass is 16.5. The fourth-order valence-electron chi connectivity index (χ4n) is 4.62. The summed E-state index contributed by atoms with van der Waals surface area (Å²) in [5.74, 6) is -0.00998. The summed E-state index contributed by atoms with van der Waals surface area (Å²) in [4.78, 5) is 24.3. The zero-order valence-corrected chi connectivity index (χ0v) is 20.9. The van der Waals surface area contributed by atoms with Gasteiger partial charge in [-0.25, -0.2) is 0 Å². The zero-order chi connectivity index (χ0) is 24.9. The molecule has 182 valence electrons. The van der Waals surface area contributed by atoms with Gasteiger partial charge in [-0.3, -0.25) is 14.8 Å². The Hall–Kier alpha value is -3.83. The van der Waals surface area contributed by atoms with Crippen molar-refractivity contribution in [1.29, 1.82) is 0 Å². The van der Waals surface area contributed by atoms with E-state index in [4.69, 9.17) is 4.74 Å². The Kier molecular flexibility index (Phi) is 7.19. The number of carbonyl (C=O) groups excluding carboxylic acids is 1. The standard InChI is InChI=1S/C31H31N3O2/c1-22-19-28(12-13-32-22)25-5-3-24(4-6-25)20-31(35)23(2)27-11-14-33-30(21-27)26-7-9-29(10-8-26)34-15-17-36-18-16-34/h3-14,19,21,23H,15-18,20H2,1-2H3. The largest absolute Gasteiger partial charge is 0.378 e. The molecule has 5 nitrogen and oxygen atoms in total. The molecule has 1 atom stereocenters. The Morgan fingerprint density at radius 1 is 0.861 bits per heavy atom. The molecule has 0 amide bonds. The Bertz CT molecular complexity index is 1330. The van der Waals surface area contributed by atoms with Crippen molar-refractivity contribution in [3.05, 3.63) is 102 Å². The van der Waals surface area contributed by atoms with E-state index in [9.17, 15) is 4.79 Å². The highest BCUT2D eigenvalue weighted by Crippen LogP contribution is 2.27. The van der Waals surface area contributed by atoms with Crippen LogP contribution in [0, 0.1) is 6.92 Å². The second-order valence-corrected chi connectivity index (χ2v) is 9.37. The van der Waals surface area contributed by atoms with E-state index >= 15 is 0 Å². The number of hydrogen-bond donors (Lipinski definition) is 0. The number of ketones is 1. The van der Waals surface area contributed by atoms with Crippen molar-refractivity contribution in [2.45, 2.75) is 26.2 Å². The molecular weight excluding hydrogens is 446 g/mol. The van der Waals surface area contributed by atoms with Crippen LogP contribution in [0.4, 0.5) is 5.69 Å². The van der Waals surface area contributed by atoms with Gasteiger partial charge in [0.05, 0.1) is 18.9 Å². The monoisotopic (exact) mass is 477 g/mol. The molecule has 0 N–H and O–H groups in total. The molecule has 5 heteroatoms. The molecule has 0 aliphatic carbocycles. The van der Waals surface area contributed by atoms with Crippen molar-refractivity contribution in [2.75, 3.05) is 31.2 Å². The molecule has 5 rings (SSSR count). The van der Waals surface area contributed by atoms with E-state index < -0.39 is 0 Å². The number of nitrogens with zero attached hydrogens (tertiary/aromatic N) is 3. The fraction of sp³-hybridized carbons (Fsp3) is 0.258. The third-order valence-corrected chi connectivity index (χ3v) is 6.87. The number of morpholine rings is 1. The van der Waals surface area contributed by atoms with Crippen LogP contribution < -0.4 is 4.90 Å². The molecule has 0 radical (unpaired) electrons. The molecule has 1 fully saturated rings. The van der Waals surface area contributed by atoms with Gasteiger partial charge >= 0.3 is 0 Å². The van der Waals surface area contributed by atoms with Gasteiger partial charge in [0.25, 0.3) is 0 Å². The lowest BCUT2D eigenvalue weighted by Gasteiger charge is -2.28. The molecule has 0 spiro atoms. The molecule has 0 saturated carbocycles. The molecular formula is C31H31N3O2. The van der Waals surface area contributed by atoms with Gasteiger partial charge in [-0.2, -0.15) is 0 Å². The van der Waals surface area contributed by atoms with E-state index in [0.717, 1.165) is 65.5 Å². The maximum atomic E-state index is 13.1. The smallest absolute Gasteiger partial charge is 0.144 e. The van der Waals surface area contributed by atoms with Gasteiger partial charge in [0, 0.05) is 54.8 Å². The van der Waals surface area contributed by atoms with Crippen LogP contribution in [-0.4, -0.2) is 42.1 Å². The highest BCUT2D eigenvalue weighted by Gasteiger charge is 2.17. The second kappa shape index (κ2) is 10.8. The normalized spacial score (nSPS) is 14.4. The number of hydrogen-bond acceptors (Lipinski definition) is 5. The van der Waals surface area contributed by atoms with Gasteiger partial charge in [-0.1, -0.05) is 43.3 Å². The van der Waals surface area contributed by atoms with Crippen LogP contribution in [0.15, 0.2) is 85.2 Å². The first-order valence-electron chi connectivity index (χ1n) is 12.5. The minimum Gasteiger partial charge on any atom is -0.378 e. The molecule has 1 unspecified atom stereocenters. The van der Waals surface area contributed by atoms with E-state index in [2.05, 4.69) is 57.3 Å². The first kappa shape index (κ1) is 23.9. The van der Waals surface area contributed by atoms with Gasteiger partial charge in [0.2, 0.25) is 0 Å². The third kappa shape index (κ3) is 5.52. The average molecular weight is 478 g/mol. The van der Waals surface area contributed by atoms with Crippen molar-refractivity contribution < 1.29 is 9.53 Å². The van der Waals surface area contributed by atoms with Crippen molar-refractivity contribution in [1.82, 2.24) is 9.97 Å². The van der Waals surface area contributed by atoms with Gasteiger partial charge in [-0.15, -0.1) is 0 Å². The summed E-state index contributed by atoms with van der Waals surface area (Å²) in [5.41, 5.74) is 8.41. The van der Waals surface area contributed by atoms with E-state index in [1.54, 1.807) is 6.20 Å². The number of pyridine rings is 2. The molecule has 3 heterocycles. The molecule has 1 aliphatic heterocycles. The summed E-state index contributed by atoms with van der Waals surface area (Å²) < 4.78 is 5.45. The maximum absolute atomic E-state index is 13.1. The predicted octanol–water partition coefficient (Wildman–Crippen LogP) is 5.87. The first-order chi connectivity index (χ1) is 17.6. The van der Waals surface area contributed by atoms with Gasteiger partial charge in [0.15, 0.2) is 0 Å². The molecule has 0 bridgehead atoms.